The second-order valence-corrected chi connectivity index (χ2v) is 6.99. The third kappa shape index (κ3) is 3.62. The van der Waals surface area contributed by atoms with Crippen LogP contribution in [-0.4, -0.2) is 31.7 Å². The number of aromatic nitrogens is 1. The zero-order valence-corrected chi connectivity index (χ0v) is 15.8. The van der Waals surface area contributed by atoms with Crippen LogP contribution in [0.2, 0.25) is 0 Å². The Morgan fingerprint density at radius 3 is 2.96 bits per heavy atom. The molecule has 27 heavy (non-hydrogen) atoms. The first-order valence-corrected chi connectivity index (χ1v) is 9.47. The predicted molar refractivity (Wildman–Crippen MR) is 107 cm³/mol. The molecule has 3 N–H and O–H groups in total. The molecule has 142 valence electrons. The number of nitrogens with zero attached hydrogens (tertiary/aromatic N) is 1. The van der Waals surface area contributed by atoms with Gasteiger partial charge in [-0.25, -0.2) is 9.37 Å². The van der Waals surface area contributed by atoms with Crippen molar-refractivity contribution in [2.75, 3.05) is 37.4 Å². The number of anilines is 3. The molecule has 2 aliphatic heterocycles. The number of rotatable bonds is 4. The molecule has 0 amide bonds. The Morgan fingerprint density at radius 2 is 2.11 bits per heavy atom. The van der Waals surface area contributed by atoms with E-state index in [4.69, 9.17) is 4.74 Å². The molecule has 0 atom stereocenters. The van der Waals surface area contributed by atoms with E-state index in [0.29, 0.717) is 29.4 Å². The molecular weight excluding hydrogens is 343 g/mol. The number of aryl methyl sites for hydroxylation is 1. The maximum atomic E-state index is 15.6. The topological polar surface area (TPSA) is 58.2 Å². The Labute approximate surface area is 159 Å². The van der Waals surface area contributed by atoms with Gasteiger partial charge in [-0.15, -0.1) is 0 Å². The summed E-state index contributed by atoms with van der Waals surface area (Å²) in [5.74, 6) is 1.07. The Kier molecular flexibility index (Phi) is 4.99. The van der Waals surface area contributed by atoms with Crippen LogP contribution in [0.3, 0.4) is 0 Å². The standard InChI is InChI=1S/C21H25FN4O/c1-13-10-16(23-2)12-18(25-13)26-17-11-15-6-9-27-21(15)19(20(17)22)14-4-3-7-24-8-5-14/h5,10-12,24H,3-4,6-9H2,1-2H3,(H2,23,25,26). The van der Waals surface area contributed by atoms with Crippen molar-refractivity contribution in [2.24, 2.45) is 0 Å². The van der Waals surface area contributed by atoms with Gasteiger partial charge in [0.2, 0.25) is 0 Å². The first-order valence-electron chi connectivity index (χ1n) is 9.47. The predicted octanol–water partition coefficient (Wildman–Crippen LogP) is 4.02. The quantitative estimate of drug-likeness (QED) is 0.761. The lowest BCUT2D eigenvalue weighted by molar-refractivity contribution is 0.354. The summed E-state index contributed by atoms with van der Waals surface area (Å²) in [7, 11) is 1.86. The molecule has 2 aliphatic rings. The fourth-order valence-electron chi connectivity index (χ4n) is 3.73. The molecule has 6 heteroatoms. The van der Waals surface area contributed by atoms with E-state index >= 15 is 4.39 Å². The molecule has 4 rings (SSSR count). The van der Waals surface area contributed by atoms with Crippen molar-refractivity contribution < 1.29 is 9.13 Å². The Balaban J connectivity index is 1.77. The van der Waals surface area contributed by atoms with Crippen molar-refractivity contribution in [3.05, 3.63) is 46.9 Å². The maximum Gasteiger partial charge on any atom is 0.157 e. The minimum Gasteiger partial charge on any atom is -0.492 e. The van der Waals surface area contributed by atoms with Gasteiger partial charge in [-0.05, 0) is 44.0 Å². The fraction of sp³-hybridized carbons (Fsp3) is 0.381. The van der Waals surface area contributed by atoms with Crippen LogP contribution in [0.1, 0.15) is 29.7 Å². The Morgan fingerprint density at radius 1 is 1.22 bits per heavy atom. The number of nitrogens with one attached hydrogen (secondary N) is 3. The van der Waals surface area contributed by atoms with E-state index in [2.05, 4.69) is 27.0 Å². The van der Waals surface area contributed by atoms with Gasteiger partial charge in [0, 0.05) is 43.0 Å². The third-order valence-corrected chi connectivity index (χ3v) is 5.03. The average molecular weight is 368 g/mol. The zero-order valence-electron chi connectivity index (χ0n) is 15.8. The molecule has 0 radical (unpaired) electrons. The molecule has 1 aromatic heterocycles. The van der Waals surface area contributed by atoms with Gasteiger partial charge in [-0.3, -0.25) is 0 Å². The van der Waals surface area contributed by atoms with Crippen LogP contribution in [0, 0.1) is 12.7 Å². The molecule has 3 heterocycles. The minimum atomic E-state index is -0.266. The van der Waals surface area contributed by atoms with Crippen LogP contribution in [0.5, 0.6) is 5.75 Å². The van der Waals surface area contributed by atoms with Gasteiger partial charge < -0.3 is 20.7 Å². The monoisotopic (exact) mass is 368 g/mol. The lowest BCUT2D eigenvalue weighted by Gasteiger charge is -2.17. The van der Waals surface area contributed by atoms with Crippen LogP contribution in [-0.2, 0) is 6.42 Å². The van der Waals surface area contributed by atoms with Crippen molar-refractivity contribution >= 4 is 22.8 Å². The normalized spacial score (nSPS) is 16.2. The second kappa shape index (κ2) is 7.56. The van der Waals surface area contributed by atoms with Crippen molar-refractivity contribution in [1.82, 2.24) is 10.3 Å². The number of ether oxygens (including phenoxy) is 1. The summed E-state index contributed by atoms with van der Waals surface area (Å²) in [5.41, 5.74) is 4.94. The highest BCUT2D eigenvalue weighted by Crippen LogP contribution is 2.42. The highest BCUT2D eigenvalue weighted by molar-refractivity contribution is 5.78. The van der Waals surface area contributed by atoms with E-state index < -0.39 is 0 Å². The van der Waals surface area contributed by atoms with E-state index in [1.807, 2.05) is 32.2 Å². The molecule has 0 saturated carbocycles. The van der Waals surface area contributed by atoms with Crippen LogP contribution in [0.25, 0.3) is 5.57 Å². The van der Waals surface area contributed by atoms with Crippen LogP contribution < -0.4 is 20.7 Å². The van der Waals surface area contributed by atoms with E-state index in [9.17, 15) is 0 Å². The summed E-state index contributed by atoms with van der Waals surface area (Å²) in [6.07, 6.45) is 4.71. The smallest absolute Gasteiger partial charge is 0.157 e. The number of benzene rings is 1. The number of halogens is 1. The third-order valence-electron chi connectivity index (χ3n) is 5.03. The number of pyridine rings is 1. The molecule has 2 aromatic rings. The molecule has 0 spiro atoms. The molecule has 1 aromatic carbocycles. The second-order valence-electron chi connectivity index (χ2n) is 6.99. The molecule has 0 fully saturated rings. The van der Waals surface area contributed by atoms with E-state index in [0.717, 1.165) is 54.9 Å². The summed E-state index contributed by atoms with van der Waals surface area (Å²) >= 11 is 0. The van der Waals surface area contributed by atoms with E-state index in [-0.39, 0.29) is 5.82 Å². The first-order chi connectivity index (χ1) is 13.2. The van der Waals surface area contributed by atoms with Crippen molar-refractivity contribution in [1.29, 1.82) is 0 Å². The summed E-state index contributed by atoms with van der Waals surface area (Å²) in [4.78, 5) is 4.50. The largest absolute Gasteiger partial charge is 0.492 e. The van der Waals surface area contributed by atoms with Gasteiger partial charge in [-0.2, -0.15) is 0 Å². The summed E-state index contributed by atoms with van der Waals surface area (Å²) in [6.45, 7) is 4.23. The summed E-state index contributed by atoms with van der Waals surface area (Å²) < 4.78 is 21.4. The minimum absolute atomic E-state index is 0.266. The van der Waals surface area contributed by atoms with Crippen LogP contribution in [0.15, 0.2) is 24.3 Å². The lowest BCUT2D eigenvalue weighted by atomic mass is 9.96. The molecule has 0 saturated heterocycles. The van der Waals surface area contributed by atoms with Crippen molar-refractivity contribution in [2.45, 2.75) is 26.2 Å². The first kappa shape index (κ1) is 17.8. The molecule has 0 unspecified atom stereocenters. The summed E-state index contributed by atoms with van der Waals surface area (Å²) in [6, 6.07) is 5.69. The number of hydrogen-bond acceptors (Lipinski definition) is 5. The van der Waals surface area contributed by atoms with Gasteiger partial charge in [-0.1, -0.05) is 6.08 Å². The fourth-order valence-corrected chi connectivity index (χ4v) is 3.73. The van der Waals surface area contributed by atoms with E-state index in [1.54, 1.807) is 0 Å². The Hall–Kier alpha value is -2.60. The zero-order chi connectivity index (χ0) is 18.8. The van der Waals surface area contributed by atoms with Gasteiger partial charge in [0.1, 0.15) is 11.6 Å². The SMILES string of the molecule is CNc1cc(C)nc(Nc2cc3c(c(C4=CCNCCC4)c2F)OCC3)c1. The van der Waals surface area contributed by atoms with Crippen molar-refractivity contribution in [3.63, 3.8) is 0 Å². The average Bonchev–Trinajstić information content (AvgIpc) is 2.95. The summed E-state index contributed by atoms with van der Waals surface area (Å²) in [5, 5.41) is 9.63. The lowest BCUT2D eigenvalue weighted by Crippen LogP contribution is -2.12. The number of allylic oxidation sites excluding steroid dienone is 1. The van der Waals surface area contributed by atoms with Crippen LogP contribution in [0.4, 0.5) is 21.6 Å². The van der Waals surface area contributed by atoms with Gasteiger partial charge >= 0.3 is 0 Å². The van der Waals surface area contributed by atoms with E-state index in [1.165, 1.54) is 0 Å². The van der Waals surface area contributed by atoms with Gasteiger partial charge in [0.05, 0.1) is 17.9 Å². The Bertz CT molecular complexity index is 894. The number of hydrogen-bond donors (Lipinski definition) is 3. The van der Waals surface area contributed by atoms with Crippen LogP contribution >= 0.6 is 0 Å². The molecule has 5 nitrogen and oxygen atoms in total. The number of fused-ring (bicyclic) bond motifs is 1. The molecule has 0 bridgehead atoms. The van der Waals surface area contributed by atoms with Gasteiger partial charge in [0.15, 0.2) is 5.82 Å². The van der Waals surface area contributed by atoms with Gasteiger partial charge in [0.25, 0.3) is 0 Å². The highest BCUT2D eigenvalue weighted by Gasteiger charge is 2.26. The van der Waals surface area contributed by atoms with Crippen molar-refractivity contribution in [3.8, 4) is 5.75 Å². The molecule has 0 aliphatic carbocycles. The maximum absolute atomic E-state index is 15.6. The highest BCUT2D eigenvalue weighted by atomic mass is 19.1. The molecular formula is C21H25FN4O.